The molecule has 144 valence electrons. The molecule has 6 nitrogen and oxygen atoms in total. The molecule has 0 radical (unpaired) electrons. The van der Waals surface area contributed by atoms with Gasteiger partial charge in [0, 0.05) is 18.2 Å². The first-order valence-electron chi connectivity index (χ1n) is 9.15. The summed E-state index contributed by atoms with van der Waals surface area (Å²) in [5.74, 6) is -0.376. The zero-order chi connectivity index (χ0) is 20.1. The smallest absolute Gasteiger partial charge is 0.288 e. The van der Waals surface area contributed by atoms with Crippen molar-refractivity contribution in [2.45, 2.75) is 32.7 Å². The summed E-state index contributed by atoms with van der Waals surface area (Å²) in [6.07, 6.45) is 1.15. The maximum atomic E-state index is 13.1. The highest BCUT2D eigenvalue weighted by Crippen LogP contribution is 2.45. The number of carbonyl (C=O) groups excluding carboxylic acids is 1. The fourth-order valence-electron chi connectivity index (χ4n) is 4.16. The monoisotopic (exact) mass is 397 g/mol. The summed E-state index contributed by atoms with van der Waals surface area (Å²) in [5, 5.41) is 14.9. The third-order valence-electron chi connectivity index (χ3n) is 5.36. The van der Waals surface area contributed by atoms with Crippen molar-refractivity contribution in [2.24, 2.45) is 16.3 Å². The van der Waals surface area contributed by atoms with Crippen LogP contribution in [0.1, 0.15) is 38.3 Å². The van der Waals surface area contributed by atoms with Crippen molar-refractivity contribution in [2.75, 3.05) is 5.32 Å². The molecule has 1 aliphatic heterocycles. The Morgan fingerprint density at radius 1 is 1.21 bits per heavy atom. The van der Waals surface area contributed by atoms with Gasteiger partial charge in [-0.25, -0.2) is 0 Å². The van der Waals surface area contributed by atoms with E-state index in [0.717, 1.165) is 17.1 Å². The molecule has 4 rings (SSSR count). The number of nitro benzene ring substituents is 1. The van der Waals surface area contributed by atoms with Gasteiger partial charge in [0.1, 0.15) is 10.8 Å². The Bertz CT molecular complexity index is 1020. The van der Waals surface area contributed by atoms with Gasteiger partial charge in [-0.3, -0.25) is 19.9 Å². The van der Waals surface area contributed by atoms with Crippen molar-refractivity contribution < 1.29 is 9.72 Å². The topological polar surface area (TPSA) is 84.6 Å². The number of ketones is 1. The molecule has 1 heterocycles. The first-order valence-corrected chi connectivity index (χ1v) is 9.52. The summed E-state index contributed by atoms with van der Waals surface area (Å²) in [4.78, 5) is 28.8. The van der Waals surface area contributed by atoms with E-state index in [1.165, 1.54) is 12.1 Å². The molecule has 2 aliphatic rings. The van der Waals surface area contributed by atoms with Gasteiger partial charge in [0.2, 0.25) is 0 Å². The zero-order valence-corrected chi connectivity index (χ0v) is 16.4. The SMILES string of the molecule is CC1(C)CC(=O)C2C(=Nc3ccccc3NC2c2ccc(Cl)c([N+](=O)[O-])c2)C1. The van der Waals surface area contributed by atoms with Gasteiger partial charge in [0.15, 0.2) is 0 Å². The van der Waals surface area contributed by atoms with E-state index in [1.807, 2.05) is 24.3 Å². The van der Waals surface area contributed by atoms with Crippen LogP contribution in [-0.2, 0) is 4.79 Å². The van der Waals surface area contributed by atoms with E-state index in [9.17, 15) is 14.9 Å². The number of nitro groups is 1. The standard InChI is InChI=1S/C21H20ClN3O3/c1-21(2)10-16-19(18(26)11-21)20(24-15-6-4-3-5-14(15)23-16)12-7-8-13(22)17(9-12)25(27)28/h3-9,19-20,24H,10-11H2,1-2H3. The number of benzene rings is 2. The Kier molecular flexibility index (Phi) is 4.46. The number of fused-ring (bicyclic) bond motifs is 2. The quantitative estimate of drug-likeness (QED) is 0.536. The molecule has 2 atom stereocenters. The van der Waals surface area contributed by atoms with E-state index in [2.05, 4.69) is 19.2 Å². The molecule has 0 bridgehead atoms. The Morgan fingerprint density at radius 2 is 1.96 bits per heavy atom. The number of carbonyl (C=O) groups is 1. The number of para-hydroxylation sites is 2. The summed E-state index contributed by atoms with van der Waals surface area (Å²) in [7, 11) is 0. The van der Waals surface area contributed by atoms with Crippen molar-refractivity contribution >= 4 is 40.2 Å². The van der Waals surface area contributed by atoms with Gasteiger partial charge in [0.05, 0.1) is 28.3 Å². The summed E-state index contributed by atoms with van der Waals surface area (Å²) in [5.41, 5.74) is 2.72. The molecule has 1 N–H and O–H groups in total. The van der Waals surface area contributed by atoms with Crippen molar-refractivity contribution in [1.29, 1.82) is 0 Å². The highest BCUT2D eigenvalue weighted by Gasteiger charge is 2.44. The molecule has 0 amide bonds. The second-order valence-electron chi connectivity index (χ2n) is 8.17. The van der Waals surface area contributed by atoms with Gasteiger partial charge in [-0.1, -0.05) is 43.6 Å². The molecule has 1 aliphatic carbocycles. The van der Waals surface area contributed by atoms with Crippen LogP contribution in [0.3, 0.4) is 0 Å². The van der Waals surface area contributed by atoms with Crippen LogP contribution in [0.4, 0.5) is 17.1 Å². The van der Waals surface area contributed by atoms with Gasteiger partial charge in [-0.05, 0) is 35.6 Å². The average Bonchev–Trinajstić information content (AvgIpc) is 2.77. The van der Waals surface area contributed by atoms with Crippen LogP contribution >= 0.6 is 11.6 Å². The van der Waals surface area contributed by atoms with Crippen molar-refractivity contribution in [3.63, 3.8) is 0 Å². The Morgan fingerprint density at radius 3 is 2.71 bits per heavy atom. The van der Waals surface area contributed by atoms with E-state index in [-0.39, 0.29) is 21.9 Å². The van der Waals surface area contributed by atoms with E-state index in [4.69, 9.17) is 16.6 Å². The van der Waals surface area contributed by atoms with Crippen LogP contribution in [-0.4, -0.2) is 16.4 Å². The average molecular weight is 398 g/mol. The van der Waals surface area contributed by atoms with E-state index < -0.39 is 16.9 Å². The normalized spacial score (nSPS) is 23.0. The third-order valence-corrected chi connectivity index (χ3v) is 5.68. The fourth-order valence-corrected chi connectivity index (χ4v) is 4.34. The molecule has 0 saturated heterocycles. The molecule has 2 aromatic rings. The lowest BCUT2D eigenvalue weighted by molar-refractivity contribution is -0.384. The van der Waals surface area contributed by atoms with Crippen LogP contribution in [0.15, 0.2) is 47.5 Å². The second-order valence-corrected chi connectivity index (χ2v) is 8.58. The van der Waals surface area contributed by atoms with Gasteiger partial charge >= 0.3 is 0 Å². The first-order chi connectivity index (χ1) is 13.2. The number of halogens is 1. The predicted octanol–water partition coefficient (Wildman–Crippen LogP) is 5.49. The van der Waals surface area contributed by atoms with Gasteiger partial charge < -0.3 is 5.32 Å². The Labute approximate surface area is 167 Å². The number of nitrogens with zero attached hydrogens (tertiary/aromatic N) is 2. The van der Waals surface area contributed by atoms with Crippen LogP contribution < -0.4 is 5.32 Å². The summed E-state index contributed by atoms with van der Waals surface area (Å²) in [6, 6.07) is 11.9. The number of aliphatic imine (C=N–C) groups is 1. The molecular weight excluding hydrogens is 378 g/mol. The van der Waals surface area contributed by atoms with Gasteiger partial charge in [-0.2, -0.15) is 0 Å². The Hall–Kier alpha value is -2.73. The second kappa shape index (κ2) is 6.71. The van der Waals surface area contributed by atoms with Gasteiger partial charge in [-0.15, -0.1) is 0 Å². The number of anilines is 1. The van der Waals surface area contributed by atoms with Crippen molar-refractivity contribution in [3.05, 3.63) is 63.2 Å². The molecule has 2 aromatic carbocycles. The summed E-state index contributed by atoms with van der Waals surface area (Å²) < 4.78 is 0. The minimum Gasteiger partial charge on any atom is -0.375 e. The summed E-state index contributed by atoms with van der Waals surface area (Å²) in [6.45, 7) is 4.13. The van der Waals surface area contributed by atoms with Crippen molar-refractivity contribution in [3.8, 4) is 0 Å². The lowest BCUT2D eigenvalue weighted by Gasteiger charge is -2.37. The Balaban J connectivity index is 1.88. The van der Waals surface area contributed by atoms with E-state index in [1.54, 1.807) is 6.07 Å². The number of nitrogens with one attached hydrogen (secondary N) is 1. The first kappa shape index (κ1) is 18.6. The highest BCUT2D eigenvalue weighted by molar-refractivity contribution is 6.32. The zero-order valence-electron chi connectivity index (χ0n) is 15.6. The van der Waals surface area contributed by atoms with Gasteiger partial charge in [0.25, 0.3) is 5.69 Å². The third kappa shape index (κ3) is 3.29. The number of hydrogen-bond acceptors (Lipinski definition) is 5. The van der Waals surface area contributed by atoms with Crippen LogP contribution in [0.2, 0.25) is 5.02 Å². The van der Waals surface area contributed by atoms with E-state index >= 15 is 0 Å². The number of rotatable bonds is 2. The molecule has 28 heavy (non-hydrogen) atoms. The molecule has 7 heteroatoms. The molecule has 0 aromatic heterocycles. The van der Waals surface area contributed by atoms with Crippen LogP contribution in [0.25, 0.3) is 0 Å². The maximum Gasteiger partial charge on any atom is 0.288 e. The van der Waals surface area contributed by atoms with Crippen LogP contribution in [0, 0.1) is 21.4 Å². The number of hydrogen-bond donors (Lipinski definition) is 1. The maximum absolute atomic E-state index is 13.1. The minimum absolute atomic E-state index is 0.0766. The fraction of sp³-hybridized carbons (Fsp3) is 0.333. The molecule has 0 spiro atoms. The minimum atomic E-state index is -0.503. The highest BCUT2D eigenvalue weighted by atomic mass is 35.5. The molecule has 1 fully saturated rings. The molecular formula is C21H20ClN3O3. The summed E-state index contributed by atoms with van der Waals surface area (Å²) >= 11 is 5.99. The molecule has 1 saturated carbocycles. The lowest BCUT2D eigenvalue weighted by Crippen LogP contribution is -2.42. The van der Waals surface area contributed by atoms with Crippen LogP contribution in [0.5, 0.6) is 0 Å². The number of Topliss-reactive ketones (excluding diaryl/α,β-unsaturated/α-hetero) is 1. The lowest BCUT2D eigenvalue weighted by atomic mass is 9.68. The molecule has 2 unspecified atom stereocenters. The largest absolute Gasteiger partial charge is 0.375 e. The predicted molar refractivity (Wildman–Crippen MR) is 110 cm³/mol. The van der Waals surface area contributed by atoms with E-state index in [0.29, 0.717) is 18.4 Å². The van der Waals surface area contributed by atoms with Crippen molar-refractivity contribution in [1.82, 2.24) is 0 Å².